The van der Waals surface area contributed by atoms with E-state index in [1.807, 2.05) is 0 Å². The quantitative estimate of drug-likeness (QED) is 0.572. The summed E-state index contributed by atoms with van der Waals surface area (Å²) in [7, 11) is 0. The third kappa shape index (κ3) is 2.02. The first kappa shape index (κ1) is 10.2. The van der Waals surface area contributed by atoms with Gasteiger partial charge in [-0.3, -0.25) is 0 Å². The first-order chi connectivity index (χ1) is 7.20. The molecule has 0 fully saturated rings. The Morgan fingerprint density at radius 3 is 2.53 bits per heavy atom. The van der Waals surface area contributed by atoms with Crippen LogP contribution in [0.1, 0.15) is 11.7 Å². The van der Waals surface area contributed by atoms with E-state index in [0.29, 0.717) is 5.57 Å². The van der Waals surface area contributed by atoms with Crippen LogP contribution in [0.2, 0.25) is 0 Å². The summed E-state index contributed by atoms with van der Waals surface area (Å²) in [6.45, 7) is 0. The topological polar surface area (TPSA) is 26.3 Å². The maximum Gasteiger partial charge on any atom is 0.335 e. The Kier molecular flexibility index (Phi) is 2.73. The van der Waals surface area contributed by atoms with Crippen LogP contribution in [0.5, 0.6) is 0 Å². The van der Waals surface area contributed by atoms with Gasteiger partial charge in [0.05, 0.1) is 11.5 Å². The maximum absolute atomic E-state index is 12.6. The van der Waals surface area contributed by atoms with Crippen LogP contribution in [0, 0.1) is 5.82 Å². The standard InChI is InChI=1S/C11H8ClFO2/c12-6-8-5-10(15-11(8)14)7-1-3-9(13)4-2-7/h1-5,10H,6H2. The zero-order chi connectivity index (χ0) is 10.8. The fourth-order valence-corrected chi connectivity index (χ4v) is 1.59. The first-order valence-corrected chi connectivity index (χ1v) is 4.97. The minimum absolute atomic E-state index is 0.135. The van der Waals surface area contributed by atoms with Crippen LogP contribution in [0.25, 0.3) is 0 Å². The molecule has 2 nitrogen and oxygen atoms in total. The van der Waals surface area contributed by atoms with Crippen molar-refractivity contribution in [2.45, 2.75) is 6.10 Å². The zero-order valence-corrected chi connectivity index (χ0v) is 8.50. The van der Waals surface area contributed by atoms with Crippen LogP contribution in [0.3, 0.4) is 0 Å². The lowest BCUT2D eigenvalue weighted by Gasteiger charge is -2.07. The van der Waals surface area contributed by atoms with Gasteiger partial charge in [0, 0.05) is 0 Å². The number of halogens is 2. The second-order valence-corrected chi connectivity index (χ2v) is 3.47. The Balaban J connectivity index is 2.24. The number of ether oxygens (including phenoxy) is 1. The Hall–Kier alpha value is -1.35. The lowest BCUT2D eigenvalue weighted by Crippen LogP contribution is -2.02. The van der Waals surface area contributed by atoms with E-state index in [0.717, 1.165) is 5.56 Å². The second kappa shape index (κ2) is 4.03. The highest BCUT2D eigenvalue weighted by Crippen LogP contribution is 2.28. The van der Waals surface area contributed by atoms with Crippen LogP contribution in [-0.4, -0.2) is 11.8 Å². The fraction of sp³-hybridized carbons (Fsp3) is 0.182. The third-order valence-electron chi connectivity index (χ3n) is 2.19. The minimum atomic E-state index is -0.438. The van der Waals surface area contributed by atoms with Crippen molar-refractivity contribution in [3.63, 3.8) is 0 Å². The molecule has 1 heterocycles. The summed E-state index contributed by atoms with van der Waals surface area (Å²) in [5.41, 5.74) is 1.19. The highest BCUT2D eigenvalue weighted by Gasteiger charge is 2.25. The SMILES string of the molecule is O=C1OC(c2ccc(F)cc2)C=C1CCl. The van der Waals surface area contributed by atoms with Gasteiger partial charge in [0.15, 0.2) is 0 Å². The molecular formula is C11H8ClFO2. The number of esters is 1. The zero-order valence-electron chi connectivity index (χ0n) is 7.74. The van der Waals surface area contributed by atoms with Gasteiger partial charge in [-0.15, -0.1) is 11.6 Å². The van der Waals surface area contributed by atoms with Crippen LogP contribution < -0.4 is 0 Å². The van der Waals surface area contributed by atoms with Crippen molar-refractivity contribution in [3.8, 4) is 0 Å². The number of benzene rings is 1. The molecule has 0 bridgehead atoms. The molecule has 15 heavy (non-hydrogen) atoms. The van der Waals surface area contributed by atoms with Gasteiger partial charge in [-0.25, -0.2) is 9.18 Å². The van der Waals surface area contributed by atoms with Crippen molar-refractivity contribution in [3.05, 3.63) is 47.3 Å². The van der Waals surface area contributed by atoms with Gasteiger partial charge in [-0.1, -0.05) is 12.1 Å². The number of rotatable bonds is 2. The summed E-state index contributed by atoms with van der Waals surface area (Å²) in [6.07, 6.45) is 1.22. The summed E-state index contributed by atoms with van der Waals surface area (Å²) >= 11 is 5.55. The molecule has 1 aliphatic heterocycles. The number of hydrogen-bond donors (Lipinski definition) is 0. The molecule has 1 aromatic rings. The van der Waals surface area contributed by atoms with Crippen molar-refractivity contribution in [2.24, 2.45) is 0 Å². The Bertz CT molecular complexity index is 411. The van der Waals surface area contributed by atoms with E-state index in [2.05, 4.69) is 0 Å². The first-order valence-electron chi connectivity index (χ1n) is 4.44. The molecule has 0 radical (unpaired) electrons. The molecule has 0 aliphatic carbocycles. The van der Waals surface area contributed by atoms with Crippen molar-refractivity contribution < 1.29 is 13.9 Å². The molecule has 1 unspecified atom stereocenters. The second-order valence-electron chi connectivity index (χ2n) is 3.20. The summed E-state index contributed by atoms with van der Waals surface area (Å²) in [4.78, 5) is 11.2. The molecular weight excluding hydrogens is 219 g/mol. The molecule has 1 aliphatic rings. The Labute approximate surface area is 91.3 Å². The van der Waals surface area contributed by atoms with E-state index in [4.69, 9.17) is 16.3 Å². The van der Waals surface area contributed by atoms with Gasteiger partial charge in [0.25, 0.3) is 0 Å². The summed E-state index contributed by atoms with van der Waals surface area (Å²) < 4.78 is 17.7. The van der Waals surface area contributed by atoms with Crippen molar-refractivity contribution in [2.75, 3.05) is 5.88 Å². The highest BCUT2D eigenvalue weighted by molar-refractivity contribution is 6.22. The van der Waals surface area contributed by atoms with E-state index in [9.17, 15) is 9.18 Å². The van der Waals surface area contributed by atoms with Crippen LogP contribution in [0.4, 0.5) is 4.39 Å². The molecule has 0 aromatic heterocycles. The monoisotopic (exact) mass is 226 g/mol. The fourth-order valence-electron chi connectivity index (χ4n) is 1.39. The van der Waals surface area contributed by atoms with Gasteiger partial charge < -0.3 is 4.74 Å². The van der Waals surface area contributed by atoms with Crippen molar-refractivity contribution in [1.29, 1.82) is 0 Å². The molecule has 0 spiro atoms. The number of hydrogen-bond acceptors (Lipinski definition) is 2. The molecule has 2 rings (SSSR count). The number of alkyl halides is 1. The van der Waals surface area contributed by atoms with Gasteiger partial charge in [0.1, 0.15) is 11.9 Å². The molecule has 0 amide bonds. The lowest BCUT2D eigenvalue weighted by molar-refractivity contribution is -0.139. The number of cyclic esters (lactones) is 1. The van der Waals surface area contributed by atoms with Crippen LogP contribution >= 0.6 is 11.6 Å². The van der Waals surface area contributed by atoms with Crippen molar-refractivity contribution in [1.82, 2.24) is 0 Å². The summed E-state index contributed by atoms with van der Waals surface area (Å²) in [6, 6.07) is 5.83. The molecule has 78 valence electrons. The van der Waals surface area contributed by atoms with E-state index in [1.54, 1.807) is 18.2 Å². The van der Waals surface area contributed by atoms with E-state index >= 15 is 0 Å². The molecule has 1 atom stereocenters. The van der Waals surface area contributed by atoms with Crippen molar-refractivity contribution >= 4 is 17.6 Å². The predicted octanol–water partition coefficient (Wildman–Crippen LogP) is 2.59. The Morgan fingerprint density at radius 1 is 1.33 bits per heavy atom. The molecule has 0 saturated heterocycles. The van der Waals surface area contributed by atoms with Crippen LogP contribution in [-0.2, 0) is 9.53 Å². The average Bonchev–Trinajstić information content (AvgIpc) is 2.61. The largest absolute Gasteiger partial charge is 0.450 e. The third-order valence-corrected chi connectivity index (χ3v) is 2.48. The van der Waals surface area contributed by atoms with Gasteiger partial charge in [-0.05, 0) is 23.8 Å². The predicted molar refractivity (Wildman–Crippen MR) is 54.0 cm³/mol. The summed E-state index contributed by atoms with van der Waals surface area (Å²) in [5, 5.41) is 0. The van der Waals surface area contributed by atoms with Gasteiger partial charge in [-0.2, -0.15) is 0 Å². The van der Waals surface area contributed by atoms with E-state index in [1.165, 1.54) is 12.1 Å². The highest BCUT2D eigenvalue weighted by atomic mass is 35.5. The Morgan fingerprint density at radius 2 is 2.00 bits per heavy atom. The van der Waals surface area contributed by atoms with E-state index < -0.39 is 12.1 Å². The molecule has 0 saturated carbocycles. The van der Waals surface area contributed by atoms with Gasteiger partial charge >= 0.3 is 5.97 Å². The maximum atomic E-state index is 12.6. The average molecular weight is 227 g/mol. The lowest BCUT2D eigenvalue weighted by atomic mass is 10.1. The molecule has 4 heteroatoms. The smallest absolute Gasteiger partial charge is 0.335 e. The van der Waals surface area contributed by atoms with E-state index in [-0.39, 0.29) is 11.7 Å². The normalized spacial score (nSPS) is 20.0. The number of carbonyl (C=O) groups is 1. The van der Waals surface area contributed by atoms with Crippen LogP contribution in [0.15, 0.2) is 35.9 Å². The summed E-state index contributed by atoms with van der Waals surface area (Å²) in [5.74, 6) is -0.583. The minimum Gasteiger partial charge on any atom is -0.450 e. The number of carbonyl (C=O) groups excluding carboxylic acids is 1. The molecule has 1 aromatic carbocycles. The van der Waals surface area contributed by atoms with Gasteiger partial charge in [0.2, 0.25) is 0 Å². The molecule has 0 N–H and O–H groups in total.